The molecule has 2 heterocycles. The number of allylic oxidation sites excluding steroid dienone is 1. The largest absolute Gasteiger partial charge is 0.491 e. The molecular weight excluding hydrogens is 771 g/mol. The Kier molecular flexibility index (Phi) is 12.2. The van der Waals surface area contributed by atoms with Gasteiger partial charge in [0.15, 0.2) is 16.3 Å². The lowest BCUT2D eigenvalue weighted by molar-refractivity contribution is -0.139. The fourth-order valence-corrected chi connectivity index (χ4v) is 7.31. The number of thiazole rings is 1. The summed E-state index contributed by atoms with van der Waals surface area (Å²) in [6.45, 7) is 12.2. The van der Waals surface area contributed by atoms with Crippen molar-refractivity contribution in [3.05, 3.63) is 117 Å². The van der Waals surface area contributed by atoms with Crippen LogP contribution in [-0.2, 0) is 20.9 Å². The Morgan fingerprint density at radius 3 is 2.32 bits per heavy atom. The highest BCUT2D eigenvalue weighted by Crippen LogP contribution is 2.37. The van der Waals surface area contributed by atoms with E-state index in [-0.39, 0.29) is 36.4 Å². The normalized spacial score (nSPS) is 14.2. The average molecular weight is 811 g/mol. The molecule has 0 unspecified atom stereocenters. The molecule has 0 radical (unpaired) electrons. The monoisotopic (exact) mass is 810 g/mol. The van der Waals surface area contributed by atoms with Crippen molar-refractivity contribution in [3.63, 3.8) is 0 Å². The highest BCUT2D eigenvalue weighted by atomic mass is 127. The SMILES string of the molecule is CCOC(=O)C1=C(C)N=c2s/c(=C\c3cc(I)c(OCc4ccc(C(=O)OCC)cc4)c(OCC)c3)c(=O)n2[C@H]1c1ccccc1OC(C)C. The lowest BCUT2D eigenvalue weighted by Gasteiger charge is -2.26. The van der Waals surface area contributed by atoms with Crippen LogP contribution >= 0.6 is 33.9 Å². The van der Waals surface area contributed by atoms with Crippen LogP contribution in [0.3, 0.4) is 0 Å². The maximum Gasteiger partial charge on any atom is 0.338 e. The summed E-state index contributed by atoms with van der Waals surface area (Å²) in [5.74, 6) is 0.761. The molecule has 0 fully saturated rings. The van der Waals surface area contributed by atoms with Crippen LogP contribution in [-0.4, -0.2) is 42.4 Å². The lowest BCUT2D eigenvalue weighted by Crippen LogP contribution is -2.40. The Morgan fingerprint density at radius 1 is 0.940 bits per heavy atom. The van der Waals surface area contributed by atoms with Crippen molar-refractivity contribution in [2.75, 3.05) is 19.8 Å². The number of nitrogens with zero attached hydrogens (tertiary/aromatic N) is 2. The highest BCUT2D eigenvalue weighted by molar-refractivity contribution is 14.1. The first-order chi connectivity index (χ1) is 24.1. The topological polar surface area (TPSA) is 115 Å². The quantitative estimate of drug-likeness (QED) is 0.114. The molecule has 12 heteroatoms. The molecule has 4 aromatic rings. The molecule has 1 atom stereocenters. The van der Waals surface area contributed by atoms with E-state index in [1.165, 1.54) is 11.3 Å². The second-order valence-electron chi connectivity index (χ2n) is 11.5. The number of para-hydroxylation sites is 1. The van der Waals surface area contributed by atoms with E-state index in [0.29, 0.717) is 56.6 Å². The minimum atomic E-state index is -0.802. The van der Waals surface area contributed by atoms with E-state index in [4.69, 9.17) is 28.7 Å². The Balaban J connectivity index is 1.54. The van der Waals surface area contributed by atoms with Crippen LogP contribution in [0.4, 0.5) is 0 Å². The molecule has 0 amide bonds. The molecule has 0 bridgehead atoms. The summed E-state index contributed by atoms with van der Waals surface area (Å²) in [4.78, 5) is 44.8. The molecule has 0 aliphatic carbocycles. The van der Waals surface area contributed by atoms with Gasteiger partial charge in [0.2, 0.25) is 0 Å². The zero-order valence-corrected chi connectivity index (χ0v) is 31.8. The smallest absolute Gasteiger partial charge is 0.338 e. The first-order valence-corrected chi connectivity index (χ1v) is 18.3. The van der Waals surface area contributed by atoms with E-state index in [1.807, 2.05) is 69.3 Å². The summed E-state index contributed by atoms with van der Waals surface area (Å²) in [6.07, 6.45) is 1.66. The molecule has 1 aliphatic heterocycles. The predicted molar refractivity (Wildman–Crippen MR) is 200 cm³/mol. The molecule has 0 spiro atoms. The number of aromatic nitrogens is 1. The summed E-state index contributed by atoms with van der Waals surface area (Å²) < 4.78 is 31.6. The van der Waals surface area contributed by atoms with Gasteiger partial charge in [-0.2, -0.15) is 0 Å². The summed E-state index contributed by atoms with van der Waals surface area (Å²) >= 11 is 3.44. The minimum absolute atomic E-state index is 0.131. The van der Waals surface area contributed by atoms with Crippen molar-refractivity contribution < 1.29 is 33.3 Å². The van der Waals surface area contributed by atoms with Crippen molar-refractivity contribution >= 4 is 51.9 Å². The number of benzene rings is 3. The van der Waals surface area contributed by atoms with Crippen molar-refractivity contribution in [1.82, 2.24) is 4.57 Å². The van der Waals surface area contributed by atoms with Crippen LogP contribution in [0.15, 0.2) is 81.7 Å². The van der Waals surface area contributed by atoms with Gasteiger partial charge in [0, 0.05) is 5.56 Å². The van der Waals surface area contributed by atoms with E-state index in [9.17, 15) is 14.4 Å². The van der Waals surface area contributed by atoms with Crippen LogP contribution in [0.25, 0.3) is 6.08 Å². The van der Waals surface area contributed by atoms with Crippen molar-refractivity contribution in [2.45, 2.75) is 60.3 Å². The van der Waals surface area contributed by atoms with Gasteiger partial charge < -0.3 is 23.7 Å². The number of carbonyl (C=O) groups excluding carboxylic acids is 2. The van der Waals surface area contributed by atoms with Crippen LogP contribution in [0.1, 0.15) is 74.6 Å². The number of fused-ring (bicyclic) bond motifs is 1. The number of halogens is 1. The zero-order valence-electron chi connectivity index (χ0n) is 28.8. The molecular formula is C38H39IN2O8S. The van der Waals surface area contributed by atoms with E-state index < -0.39 is 12.0 Å². The van der Waals surface area contributed by atoms with Crippen LogP contribution in [0, 0.1) is 3.57 Å². The third-order valence-electron chi connectivity index (χ3n) is 7.57. The Morgan fingerprint density at radius 2 is 1.64 bits per heavy atom. The molecule has 0 saturated heterocycles. The van der Waals surface area contributed by atoms with Gasteiger partial charge in [-0.15, -0.1) is 0 Å². The molecule has 10 nitrogen and oxygen atoms in total. The Bertz CT molecular complexity index is 2100. The maximum atomic E-state index is 14.3. The standard InChI is InChI=1S/C38H39IN2O8S/c1-7-45-30-19-25(18-28(39)34(30)48-21-24-14-16-26(17-15-24)36(43)46-8-2)20-31-35(42)41-33(27-12-10-11-13-29(27)49-22(4)5)32(37(44)47-9-3)23(6)40-38(41)50-31/h10-20,22,33H,7-9,21H2,1-6H3/b31-20-/t33-/m0/s1. The van der Waals surface area contributed by atoms with Crippen molar-refractivity contribution in [2.24, 2.45) is 4.99 Å². The molecule has 3 aromatic carbocycles. The van der Waals surface area contributed by atoms with Crippen LogP contribution in [0.5, 0.6) is 17.2 Å². The van der Waals surface area contributed by atoms with Gasteiger partial charge in [0.05, 0.1) is 50.9 Å². The Labute approximate surface area is 308 Å². The highest BCUT2D eigenvalue weighted by Gasteiger charge is 2.35. The van der Waals surface area contributed by atoms with Gasteiger partial charge in [0.1, 0.15) is 18.4 Å². The van der Waals surface area contributed by atoms with E-state index in [1.54, 1.807) is 43.5 Å². The molecule has 5 rings (SSSR count). The second kappa shape index (κ2) is 16.5. The molecule has 0 N–H and O–H groups in total. The predicted octanol–water partition coefficient (Wildman–Crippen LogP) is 6.34. The summed E-state index contributed by atoms with van der Waals surface area (Å²) in [5.41, 5.74) is 3.20. The second-order valence-corrected chi connectivity index (χ2v) is 13.6. The number of carbonyl (C=O) groups is 2. The molecule has 1 aromatic heterocycles. The fourth-order valence-electron chi connectivity index (χ4n) is 5.49. The summed E-state index contributed by atoms with van der Waals surface area (Å²) in [5, 5.41) is 0. The molecule has 50 heavy (non-hydrogen) atoms. The minimum Gasteiger partial charge on any atom is -0.491 e. The van der Waals surface area contributed by atoms with Crippen molar-refractivity contribution in [1.29, 1.82) is 0 Å². The van der Waals surface area contributed by atoms with Gasteiger partial charge in [-0.25, -0.2) is 14.6 Å². The molecule has 1 aliphatic rings. The summed E-state index contributed by atoms with van der Waals surface area (Å²) in [7, 11) is 0. The summed E-state index contributed by atoms with van der Waals surface area (Å²) in [6, 6.07) is 17.4. The number of hydrogen-bond acceptors (Lipinski definition) is 10. The lowest BCUT2D eigenvalue weighted by atomic mass is 9.95. The number of ether oxygens (including phenoxy) is 5. The van der Waals surface area contributed by atoms with E-state index >= 15 is 0 Å². The van der Waals surface area contributed by atoms with Gasteiger partial charge in [-0.1, -0.05) is 41.7 Å². The fraction of sp³-hybridized carbons (Fsp3) is 0.316. The number of esters is 2. The van der Waals surface area contributed by atoms with Crippen molar-refractivity contribution in [3.8, 4) is 17.2 Å². The van der Waals surface area contributed by atoms with Gasteiger partial charge in [-0.3, -0.25) is 9.36 Å². The van der Waals surface area contributed by atoms with Gasteiger partial charge in [-0.05, 0) is 112 Å². The van der Waals surface area contributed by atoms with E-state index in [0.717, 1.165) is 14.7 Å². The number of rotatable bonds is 13. The molecule has 0 saturated carbocycles. The molecule has 262 valence electrons. The van der Waals surface area contributed by atoms with Gasteiger partial charge >= 0.3 is 11.9 Å². The Hall–Kier alpha value is -4.43. The third-order valence-corrected chi connectivity index (χ3v) is 9.36. The van der Waals surface area contributed by atoms with Crippen LogP contribution in [0.2, 0.25) is 0 Å². The zero-order chi connectivity index (χ0) is 35.9. The van der Waals surface area contributed by atoms with Gasteiger partial charge in [0.25, 0.3) is 5.56 Å². The first kappa shape index (κ1) is 36.8. The first-order valence-electron chi connectivity index (χ1n) is 16.4. The van der Waals surface area contributed by atoms with E-state index in [2.05, 4.69) is 22.6 Å². The average Bonchev–Trinajstić information content (AvgIpc) is 3.38. The maximum absolute atomic E-state index is 14.3. The third kappa shape index (κ3) is 8.13. The van der Waals surface area contributed by atoms with Crippen LogP contribution < -0.4 is 29.1 Å². The number of hydrogen-bond donors (Lipinski definition) is 0.